The summed E-state index contributed by atoms with van der Waals surface area (Å²) in [6.07, 6.45) is -8.38. The van der Waals surface area contributed by atoms with Crippen LogP contribution in [0.15, 0.2) is 4.99 Å². The molecule has 0 atom stereocenters. The van der Waals surface area contributed by atoms with E-state index in [0.717, 1.165) is 0 Å². The van der Waals surface area contributed by atoms with Gasteiger partial charge in [-0.1, -0.05) is 12.8 Å². The van der Waals surface area contributed by atoms with Crippen LogP contribution in [0.2, 0.25) is 0 Å². The van der Waals surface area contributed by atoms with Gasteiger partial charge in [0, 0.05) is 6.54 Å². The van der Waals surface area contributed by atoms with E-state index in [2.05, 4.69) is 31.4 Å². The van der Waals surface area contributed by atoms with E-state index < -0.39 is 39.3 Å². The molecule has 0 heterocycles. The van der Waals surface area contributed by atoms with Gasteiger partial charge in [-0.2, -0.15) is 26.3 Å². The Labute approximate surface area is 134 Å². The third kappa shape index (κ3) is 14.8. The molecule has 0 unspecified atom stereocenters. The highest BCUT2D eigenvalue weighted by Gasteiger charge is 2.38. The summed E-state index contributed by atoms with van der Waals surface area (Å²) in [4.78, 5) is 3.64. The molecule has 4 nitrogen and oxygen atoms in total. The third-order valence-electron chi connectivity index (χ3n) is 2.37. The van der Waals surface area contributed by atoms with Crippen LogP contribution in [0.25, 0.3) is 0 Å². The van der Waals surface area contributed by atoms with E-state index in [9.17, 15) is 30.9 Å². The van der Waals surface area contributed by atoms with E-state index in [1.807, 2.05) is 0 Å². The van der Waals surface area contributed by atoms with Crippen LogP contribution in [0.1, 0.15) is 25.7 Å². The number of rotatable bonds is 11. The Morgan fingerprint density at radius 1 is 0.913 bits per heavy atom. The quantitative estimate of drug-likeness (QED) is 0.165. The topological polar surface area (TPSA) is 47.9 Å². The lowest BCUT2D eigenvalue weighted by Crippen LogP contribution is -2.20. The molecule has 0 aromatic heterocycles. The van der Waals surface area contributed by atoms with Gasteiger partial charge in [-0.3, -0.25) is 13.6 Å². The predicted octanol–water partition coefficient (Wildman–Crippen LogP) is 5.00. The molecular formula is C11H16F6NO3PS. The summed E-state index contributed by atoms with van der Waals surface area (Å²) in [5.41, 5.74) is 0. The van der Waals surface area contributed by atoms with Gasteiger partial charge in [0.25, 0.3) is 0 Å². The van der Waals surface area contributed by atoms with Crippen LogP contribution in [-0.4, -0.2) is 43.4 Å². The molecule has 0 aliphatic rings. The van der Waals surface area contributed by atoms with E-state index in [4.69, 9.17) is 0 Å². The molecule has 23 heavy (non-hydrogen) atoms. The number of aliphatic imine (C=N–C) groups is 1. The first kappa shape index (κ1) is 22.5. The minimum Gasteiger partial charge on any atom is -0.299 e. The van der Waals surface area contributed by atoms with Crippen molar-refractivity contribution in [3.63, 3.8) is 0 Å². The Morgan fingerprint density at radius 2 is 1.39 bits per heavy atom. The second-order valence-corrected chi connectivity index (χ2v) is 6.87. The highest BCUT2D eigenvalue weighted by Crippen LogP contribution is 2.51. The minimum atomic E-state index is -4.81. The monoisotopic (exact) mass is 387 g/mol. The van der Waals surface area contributed by atoms with Gasteiger partial charge in [0.1, 0.15) is 0 Å². The number of hydrogen-bond donors (Lipinski definition) is 0. The summed E-state index contributed by atoms with van der Waals surface area (Å²) in [6, 6.07) is 0. The molecular weight excluding hydrogens is 371 g/mol. The fourth-order valence-corrected chi connectivity index (χ4v) is 3.13. The second kappa shape index (κ2) is 10.4. The Balaban J connectivity index is 4.36. The summed E-state index contributed by atoms with van der Waals surface area (Å²) in [7, 11) is -4.47. The van der Waals surface area contributed by atoms with Crippen molar-refractivity contribution < 1.29 is 40.0 Å². The largest absolute Gasteiger partial charge is 0.412 e. The lowest BCUT2D eigenvalue weighted by Gasteiger charge is -2.20. The summed E-state index contributed by atoms with van der Waals surface area (Å²) in [5, 5.41) is 2.16. The van der Waals surface area contributed by atoms with E-state index in [1.54, 1.807) is 0 Å². The average molecular weight is 387 g/mol. The Morgan fingerprint density at radius 3 is 1.83 bits per heavy atom. The van der Waals surface area contributed by atoms with Gasteiger partial charge in [-0.05, 0) is 25.1 Å². The fraction of sp³-hybridized carbons (Fsp3) is 0.909. The molecule has 0 aliphatic heterocycles. The van der Waals surface area contributed by atoms with Crippen molar-refractivity contribution >= 4 is 25.0 Å². The summed E-state index contributed by atoms with van der Waals surface area (Å²) in [6.45, 7) is -3.42. The summed E-state index contributed by atoms with van der Waals surface area (Å²) in [5.74, 6) is 0. The first-order chi connectivity index (χ1) is 10.5. The molecule has 136 valence electrons. The molecule has 0 aromatic rings. The van der Waals surface area contributed by atoms with Crippen molar-refractivity contribution in [2.45, 2.75) is 38.0 Å². The lowest BCUT2D eigenvalue weighted by atomic mass is 10.2. The lowest BCUT2D eigenvalue weighted by molar-refractivity contribution is -0.165. The number of isothiocyanates is 1. The molecule has 0 spiro atoms. The zero-order valence-corrected chi connectivity index (χ0v) is 13.7. The van der Waals surface area contributed by atoms with Crippen LogP contribution in [0.4, 0.5) is 26.3 Å². The first-order valence-corrected chi connectivity index (χ1v) is 8.66. The minimum absolute atomic E-state index is 0.105. The molecule has 0 radical (unpaired) electrons. The molecule has 0 bridgehead atoms. The summed E-state index contributed by atoms with van der Waals surface area (Å²) >= 11 is 4.35. The van der Waals surface area contributed by atoms with E-state index >= 15 is 0 Å². The third-order valence-corrected chi connectivity index (χ3v) is 4.40. The van der Waals surface area contributed by atoms with Gasteiger partial charge in [-0.15, -0.1) is 0 Å². The maximum atomic E-state index is 12.1. The molecule has 0 aromatic carbocycles. The van der Waals surface area contributed by atoms with E-state index in [0.29, 0.717) is 25.8 Å². The van der Waals surface area contributed by atoms with Crippen molar-refractivity contribution in [2.75, 3.05) is 25.9 Å². The van der Waals surface area contributed by atoms with Crippen molar-refractivity contribution in [2.24, 2.45) is 4.99 Å². The zero-order chi connectivity index (χ0) is 18.0. The maximum absolute atomic E-state index is 12.1. The van der Waals surface area contributed by atoms with Gasteiger partial charge in [0.2, 0.25) is 0 Å². The molecule has 0 amide bonds. The van der Waals surface area contributed by atoms with Gasteiger partial charge in [-0.25, -0.2) is 4.99 Å². The molecule has 0 fully saturated rings. The Bertz CT molecular complexity index is 414. The number of thiocarbonyl (C=S) groups is 1. The molecule has 0 rings (SSSR count). The number of alkyl halides is 6. The van der Waals surface area contributed by atoms with Crippen molar-refractivity contribution in [3.05, 3.63) is 0 Å². The van der Waals surface area contributed by atoms with Gasteiger partial charge in [0.15, 0.2) is 13.2 Å². The smallest absolute Gasteiger partial charge is 0.299 e. The van der Waals surface area contributed by atoms with Gasteiger partial charge < -0.3 is 0 Å². The van der Waals surface area contributed by atoms with E-state index in [1.165, 1.54) is 0 Å². The Kier molecular flexibility index (Phi) is 10.2. The first-order valence-electron chi connectivity index (χ1n) is 6.53. The number of nitrogens with zero attached hydrogens (tertiary/aromatic N) is 1. The van der Waals surface area contributed by atoms with Crippen LogP contribution in [0.3, 0.4) is 0 Å². The van der Waals surface area contributed by atoms with Crippen molar-refractivity contribution in [3.8, 4) is 0 Å². The molecule has 0 saturated carbocycles. The van der Waals surface area contributed by atoms with Crippen LogP contribution < -0.4 is 0 Å². The molecule has 0 N–H and O–H groups in total. The number of halogens is 6. The van der Waals surface area contributed by atoms with Crippen molar-refractivity contribution in [1.29, 1.82) is 0 Å². The van der Waals surface area contributed by atoms with Crippen LogP contribution >= 0.6 is 19.8 Å². The van der Waals surface area contributed by atoms with Crippen molar-refractivity contribution in [1.82, 2.24) is 0 Å². The molecule has 0 aliphatic carbocycles. The molecule has 0 saturated heterocycles. The normalized spacial score (nSPS) is 13.0. The molecule has 12 heteroatoms. The SMILES string of the molecule is O=P(CCCCCCN=C=S)(OCC(F)(F)F)OCC(F)(F)F. The number of hydrogen-bond acceptors (Lipinski definition) is 5. The highest BCUT2D eigenvalue weighted by atomic mass is 32.1. The average Bonchev–Trinajstić information content (AvgIpc) is 2.41. The predicted molar refractivity (Wildman–Crippen MR) is 74.8 cm³/mol. The standard InChI is InChI=1S/C11H16F6NO3PS/c12-10(13,14)7-20-22(19,21-8-11(15,16)17)6-4-2-1-3-5-18-9-23/h1-8H2. The number of unbranched alkanes of at least 4 members (excludes halogenated alkanes) is 3. The highest BCUT2D eigenvalue weighted by molar-refractivity contribution is 7.78. The second-order valence-electron chi connectivity index (χ2n) is 4.50. The van der Waals surface area contributed by atoms with E-state index in [-0.39, 0.29) is 6.42 Å². The fourth-order valence-electron chi connectivity index (χ4n) is 1.40. The maximum Gasteiger partial charge on any atom is 0.412 e. The van der Waals surface area contributed by atoms with Crippen LogP contribution in [-0.2, 0) is 13.6 Å². The van der Waals surface area contributed by atoms with Crippen LogP contribution in [0, 0.1) is 0 Å². The van der Waals surface area contributed by atoms with Gasteiger partial charge >= 0.3 is 19.9 Å². The van der Waals surface area contributed by atoms with Crippen LogP contribution in [0.5, 0.6) is 0 Å². The Hall–Kier alpha value is -0.470. The zero-order valence-electron chi connectivity index (χ0n) is 12.0. The van der Waals surface area contributed by atoms with Gasteiger partial charge in [0.05, 0.1) is 11.3 Å². The summed E-state index contributed by atoms with van der Waals surface area (Å²) < 4.78 is 92.6.